The normalized spacial score (nSPS) is 11.1. The molecule has 0 spiro atoms. The van der Waals surface area contributed by atoms with Crippen molar-refractivity contribution in [1.82, 2.24) is 19.9 Å². The Kier molecular flexibility index (Phi) is 5.77. The van der Waals surface area contributed by atoms with Gasteiger partial charge in [0, 0.05) is 41.0 Å². The van der Waals surface area contributed by atoms with Crippen LogP contribution in [-0.2, 0) is 7.05 Å². The van der Waals surface area contributed by atoms with Crippen molar-refractivity contribution in [2.75, 3.05) is 12.4 Å². The van der Waals surface area contributed by atoms with Crippen molar-refractivity contribution < 1.29 is 16.8 Å². The maximum Gasteiger partial charge on any atom is 0.269 e. The van der Waals surface area contributed by atoms with E-state index >= 15 is 0 Å². The lowest BCUT2D eigenvalue weighted by Crippen LogP contribution is -2.18. The highest BCUT2D eigenvalue weighted by atomic mass is 19.1. The second kappa shape index (κ2) is 8.66. The molecule has 0 saturated heterocycles. The predicted octanol–water partition coefficient (Wildman–Crippen LogP) is 5.62. The van der Waals surface area contributed by atoms with Gasteiger partial charge in [0.2, 0.25) is 5.95 Å². The van der Waals surface area contributed by atoms with Gasteiger partial charge in [0.1, 0.15) is 23.0 Å². The van der Waals surface area contributed by atoms with E-state index in [2.05, 4.69) is 20.6 Å². The molecule has 2 aromatic carbocycles. The van der Waals surface area contributed by atoms with Gasteiger partial charge in [0.15, 0.2) is 0 Å². The molecule has 0 aliphatic carbocycles. The summed E-state index contributed by atoms with van der Waals surface area (Å²) in [7, 11) is 3.46. The summed E-state index contributed by atoms with van der Waals surface area (Å²) >= 11 is 0. The zero-order chi connectivity index (χ0) is 22.8. The number of anilines is 2. The van der Waals surface area contributed by atoms with Crippen LogP contribution in [0, 0.1) is 5.82 Å². The Balaban J connectivity index is 0.00000204. The smallest absolute Gasteiger partial charge is 0.269 e. The number of nitrogens with one attached hydrogen (secondary N) is 2. The third kappa shape index (κ3) is 4.25. The van der Waals surface area contributed by atoms with Crippen molar-refractivity contribution in [2.24, 2.45) is 7.05 Å². The zero-order valence-electron chi connectivity index (χ0n) is 18.3. The molecule has 0 radical (unpaired) electrons. The zero-order valence-corrected chi connectivity index (χ0v) is 18.3. The van der Waals surface area contributed by atoms with Crippen LogP contribution in [0.1, 0.15) is 38.7 Å². The summed E-state index contributed by atoms with van der Waals surface area (Å²) in [5.74, 6) is 1.29. The fourth-order valence-corrected chi connectivity index (χ4v) is 3.41. The molecule has 8 heteroatoms. The average Bonchev–Trinajstić information content (AvgIpc) is 3.09. The summed E-state index contributed by atoms with van der Waals surface area (Å²) in [5.41, 5.74) is 3.34. The third-order valence-corrected chi connectivity index (χ3v) is 5.15. The first-order valence-corrected chi connectivity index (χ1v) is 10.2. The molecule has 7 nitrogen and oxygen atoms in total. The number of benzene rings is 2. The van der Waals surface area contributed by atoms with Crippen LogP contribution in [-0.4, -0.2) is 27.5 Å². The van der Waals surface area contributed by atoms with Gasteiger partial charge in [-0.1, -0.05) is 13.8 Å². The number of ether oxygens (including phenoxy) is 1. The summed E-state index contributed by atoms with van der Waals surface area (Å²) in [6, 6.07) is 13.8. The Labute approximate surface area is 188 Å². The molecular weight excluding hydrogens is 409 g/mol. The van der Waals surface area contributed by atoms with Crippen LogP contribution in [0.15, 0.2) is 54.7 Å². The van der Waals surface area contributed by atoms with Crippen molar-refractivity contribution >= 4 is 28.6 Å². The standard InChI is InChI=1S/C24H24FN5O2.2H2/c1-14(2)18-11-15(5-7-19(18)25)28-24-29-20-12-16(6-8-22(20)30(24)4)32-17-9-10-27-21(13-17)23(31)26-3;;/h5-14H,1-4H3,(H,26,31)(H,28,29);2*1H. The van der Waals surface area contributed by atoms with Crippen molar-refractivity contribution in [1.29, 1.82) is 0 Å². The molecule has 0 saturated carbocycles. The number of hydrogen-bond acceptors (Lipinski definition) is 5. The minimum Gasteiger partial charge on any atom is -0.457 e. The molecule has 32 heavy (non-hydrogen) atoms. The summed E-state index contributed by atoms with van der Waals surface area (Å²) in [6.45, 7) is 3.92. The van der Waals surface area contributed by atoms with Crippen LogP contribution in [0.4, 0.5) is 16.0 Å². The maximum absolute atomic E-state index is 14.0. The molecule has 0 aliphatic rings. The third-order valence-electron chi connectivity index (χ3n) is 5.15. The fraction of sp³-hybridized carbons (Fsp3) is 0.208. The first-order valence-electron chi connectivity index (χ1n) is 10.2. The van der Waals surface area contributed by atoms with Gasteiger partial charge >= 0.3 is 0 Å². The van der Waals surface area contributed by atoms with Crippen LogP contribution < -0.4 is 15.4 Å². The van der Waals surface area contributed by atoms with Crippen molar-refractivity contribution in [3.05, 3.63) is 71.8 Å². The van der Waals surface area contributed by atoms with Crippen molar-refractivity contribution in [3.63, 3.8) is 0 Å². The monoisotopic (exact) mass is 437 g/mol. The van der Waals surface area contributed by atoms with E-state index in [0.717, 1.165) is 16.7 Å². The Morgan fingerprint density at radius 3 is 2.66 bits per heavy atom. The second-order valence-corrected chi connectivity index (χ2v) is 7.72. The molecule has 0 unspecified atom stereocenters. The van der Waals surface area contributed by atoms with Crippen molar-refractivity contribution in [3.8, 4) is 11.5 Å². The minimum atomic E-state index is -0.284. The van der Waals surface area contributed by atoms with E-state index in [1.165, 1.54) is 12.3 Å². The molecule has 0 bridgehead atoms. The fourth-order valence-electron chi connectivity index (χ4n) is 3.41. The minimum absolute atomic E-state index is 0. The Morgan fingerprint density at radius 1 is 1.12 bits per heavy atom. The molecule has 4 rings (SSSR count). The number of fused-ring (bicyclic) bond motifs is 1. The molecule has 0 fully saturated rings. The van der Waals surface area contributed by atoms with Crippen LogP contribution in [0.25, 0.3) is 11.0 Å². The van der Waals surface area contributed by atoms with E-state index < -0.39 is 0 Å². The Morgan fingerprint density at radius 2 is 1.91 bits per heavy atom. The number of pyridine rings is 1. The number of nitrogens with zero attached hydrogens (tertiary/aromatic N) is 3. The van der Waals surface area contributed by atoms with Crippen LogP contribution >= 0.6 is 0 Å². The summed E-state index contributed by atoms with van der Waals surface area (Å²) in [6.07, 6.45) is 1.52. The lowest BCUT2D eigenvalue weighted by molar-refractivity contribution is 0.0958. The van der Waals surface area contributed by atoms with Gasteiger partial charge in [-0.3, -0.25) is 9.78 Å². The van der Waals surface area contributed by atoms with Crippen LogP contribution in [0.2, 0.25) is 0 Å². The molecule has 0 aliphatic heterocycles. The SMILES string of the molecule is CNC(=O)c1cc(Oc2ccc3c(c2)nc(Nc2ccc(F)c(C(C)C)c2)n3C)ccn1.[HH].[HH]. The van der Waals surface area contributed by atoms with E-state index in [1.807, 2.05) is 43.7 Å². The van der Waals surface area contributed by atoms with E-state index in [-0.39, 0.29) is 26.2 Å². The van der Waals surface area contributed by atoms with Gasteiger partial charge in [-0.05, 0) is 47.9 Å². The number of halogens is 1. The van der Waals surface area contributed by atoms with Gasteiger partial charge in [0.05, 0.1) is 11.0 Å². The van der Waals surface area contributed by atoms with E-state index in [1.54, 1.807) is 31.3 Å². The molecule has 2 N–H and O–H groups in total. The average molecular weight is 438 g/mol. The van der Waals surface area contributed by atoms with Crippen LogP contribution in [0.3, 0.4) is 0 Å². The lowest BCUT2D eigenvalue weighted by atomic mass is 10.0. The van der Waals surface area contributed by atoms with Crippen molar-refractivity contribution in [2.45, 2.75) is 19.8 Å². The topological polar surface area (TPSA) is 81.1 Å². The number of hydrogen-bond donors (Lipinski definition) is 2. The van der Waals surface area contributed by atoms with E-state index in [9.17, 15) is 9.18 Å². The quantitative estimate of drug-likeness (QED) is 0.409. The Hall–Kier alpha value is -3.94. The summed E-state index contributed by atoms with van der Waals surface area (Å²) in [5, 5.41) is 5.81. The predicted molar refractivity (Wildman–Crippen MR) is 126 cm³/mol. The first-order chi connectivity index (χ1) is 15.4. The van der Waals surface area contributed by atoms with Crippen LogP contribution in [0.5, 0.6) is 11.5 Å². The number of imidazole rings is 1. The highest BCUT2D eigenvalue weighted by molar-refractivity contribution is 5.92. The number of carbonyl (C=O) groups excluding carboxylic acids is 1. The summed E-state index contributed by atoms with van der Waals surface area (Å²) in [4.78, 5) is 20.5. The lowest BCUT2D eigenvalue weighted by Gasteiger charge is -2.11. The molecular formula is C24H28FN5O2. The molecule has 168 valence electrons. The second-order valence-electron chi connectivity index (χ2n) is 7.72. The van der Waals surface area contributed by atoms with Gasteiger partial charge in [-0.15, -0.1) is 0 Å². The summed E-state index contributed by atoms with van der Waals surface area (Å²) < 4.78 is 21.9. The molecule has 4 aromatic rings. The number of aryl methyl sites for hydroxylation is 1. The number of amides is 1. The number of aromatic nitrogens is 3. The molecule has 0 atom stereocenters. The maximum atomic E-state index is 14.0. The molecule has 2 heterocycles. The Bertz CT molecular complexity index is 1310. The highest BCUT2D eigenvalue weighted by Crippen LogP contribution is 2.29. The number of rotatable bonds is 6. The largest absolute Gasteiger partial charge is 0.457 e. The van der Waals surface area contributed by atoms with E-state index in [4.69, 9.17) is 4.74 Å². The first kappa shape index (κ1) is 21.3. The van der Waals surface area contributed by atoms with E-state index in [0.29, 0.717) is 23.0 Å². The molecule has 1 amide bonds. The molecule has 2 aromatic heterocycles. The highest BCUT2D eigenvalue weighted by Gasteiger charge is 2.13. The number of carbonyl (C=O) groups is 1. The van der Waals surface area contributed by atoms with Gasteiger partial charge in [-0.25, -0.2) is 9.37 Å². The van der Waals surface area contributed by atoms with Gasteiger partial charge in [-0.2, -0.15) is 0 Å². The van der Waals surface area contributed by atoms with Gasteiger partial charge in [0.25, 0.3) is 5.91 Å². The van der Waals surface area contributed by atoms with Gasteiger partial charge < -0.3 is 19.9 Å².